The monoisotopic (exact) mass is 384 g/mol. The lowest BCUT2D eigenvalue weighted by molar-refractivity contribution is -0.0637. The van der Waals surface area contributed by atoms with Gasteiger partial charge in [0.05, 0.1) is 19.3 Å². The molecular weight excluding hydrogens is 352 g/mol. The van der Waals surface area contributed by atoms with Crippen molar-refractivity contribution < 1.29 is 14.3 Å². The standard InChI is InChI=1S/C23H32N2O3/c1-5-12-24-21(26)25-19-16-23(10-13-27-14-11-23)28-20-7-6-17(15-18(19)20)8-9-22(2,3)4/h6-7,15,19H,5,10-14,16H2,1-4H3,(H2,24,25,26). The number of fused-ring (bicyclic) bond motifs is 1. The third kappa shape index (κ3) is 5.20. The lowest BCUT2D eigenvalue weighted by Gasteiger charge is -2.44. The predicted octanol–water partition coefficient (Wildman–Crippen LogP) is 4.17. The van der Waals surface area contributed by atoms with E-state index in [1.165, 1.54) is 0 Å². The zero-order valence-corrected chi connectivity index (χ0v) is 17.5. The van der Waals surface area contributed by atoms with E-state index >= 15 is 0 Å². The van der Waals surface area contributed by atoms with Crippen molar-refractivity contribution in [2.45, 2.75) is 65.0 Å². The van der Waals surface area contributed by atoms with E-state index in [0.29, 0.717) is 19.8 Å². The minimum absolute atomic E-state index is 0.0593. The molecule has 152 valence electrons. The van der Waals surface area contributed by atoms with E-state index in [0.717, 1.165) is 42.6 Å². The molecule has 2 aliphatic heterocycles. The molecule has 1 saturated heterocycles. The number of nitrogens with one attached hydrogen (secondary N) is 2. The molecule has 1 spiro atoms. The highest BCUT2D eigenvalue weighted by molar-refractivity contribution is 5.74. The lowest BCUT2D eigenvalue weighted by Crippen LogP contribution is -2.50. The zero-order valence-electron chi connectivity index (χ0n) is 17.5. The molecule has 1 fully saturated rings. The number of benzene rings is 1. The number of urea groups is 1. The Hall–Kier alpha value is -2.19. The summed E-state index contributed by atoms with van der Waals surface area (Å²) < 4.78 is 12.0. The summed E-state index contributed by atoms with van der Waals surface area (Å²) in [7, 11) is 0. The summed E-state index contributed by atoms with van der Waals surface area (Å²) in [4.78, 5) is 12.4. The summed E-state index contributed by atoms with van der Waals surface area (Å²) in [6.45, 7) is 10.4. The van der Waals surface area contributed by atoms with Crippen LogP contribution in [-0.4, -0.2) is 31.4 Å². The van der Waals surface area contributed by atoms with Gasteiger partial charge in [-0.3, -0.25) is 0 Å². The molecule has 1 unspecified atom stereocenters. The van der Waals surface area contributed by atoms with Gasteiger partial charge in [-0.1, -0.05) is 18.8 Å². The maximum Gasteiger partial charge on any atom is 0.315 e. The van der Waals surface area contributed by atoms with Crippen LogP contribution in [0.15, 0.2) is 18.2 Å². The van der Waals surface area contributed by atoms with Crippen molar-refractivity contribution >= 4 is 6.03 Å². The second-order valence-electron chi connectivity index (χ2n) is 8.81. The van der Waals surface area contributed by atoms with E-state index in [4.69, 9.17) is 9.47 Å². The minimum atomic E-state index is -0.271. The molecular formula is C23H32N2O3. The van der Waals surface area contributed by atoms with Crippen LogP contribution in [0.4, 0.5) is 4.79 Å². The molecule has 2 aliphatic rings. The van der Waals surface area contributed by atoms with E-state index in [-0.39, 0.29) is 23.1 Å². The van der Waals surface area contributed by atoms with Crippen molar-refractivity contribution in [1.82, 2.24) is 10.6 Å². The normalized spacial score (nSPS) is 20.4. The molecule has 5 nitrogen and oxygen atoms in total. The van der Waals surface area contributed by atoms with Crippen LogP contribution in [0.1, 0.15) is 70.5 Å². The highest BCUT2D eigenvalue weighted by Crippen LogP contribution is 2.44. The van der Waals surface area contributed by atoms with Crippen molar-refractivity contribution in [2.24, 2.45) is 5.41 Å². The van der Waals surface area contributed by atoms with Crippen LogP contribution in [-0.2, 0) is 4.74 Å². The van der Waals surface area contributed by atoms with Crippen molar-refractivity contribution in [3.63, 3.8) is 0 Å². The lowest BCUT2D eigenvalue weighted by atomic mass is 9.81. The van der Waals surface area contributed by atoms with Gasteiger partial charge in [-0.2, -0.15) is 0 Å². The van der Waals surface area contributed by atoms with Crippen molar-refractivity contribution in [3.8, 4) is 17.6 Å². The number of rotatable bonds is 3. The quantitative estimate of drug-likeness (QED) is 0.769. The molecule has 2 amide bonds. The Morgan fingerprint density at radius 3 is 2.71 bits per heavy atom. The summed E-state index contributed by atoms with van der Waals surface area (Å²) in [5, 5.41) is 6.08. The van der Waals surface area contributed by atoms with Crippen LogP contribution < -0.4 is 15.4 Å². The van der Waals surface area contributed by atoms with Gasteiger partial charge in [0.1, 0.15) is 11.4 Å². The topological polar surface area (TPSA) is 59.6 Å². The minimum Gasteiger partial charge on any atom is -0.487 e. The van der Waals surface area contributed by atoms with Gasteiger partial charge < -0.3 is 20.1 Å². The molecule has 1 aromatic carbocycles. The Morgan fingerprint density at radius 2 is 2.04 bits per heavy atom. The molecule has 5 heteroatoms. The Morgan fingerprint density at radius 1 is 1.29 bits per heavy atom. The van der Waals surface area contributed by atoms with Gasteiger partial charge in [-0.05, 0) is 45.4 Å². The first-order valence-electron chi connectivity index (χ1n) is 10.3. The van der Waals surface area contributed by atoms with Crippen molar-refractivity contribution in [2.75, 3.05) is 19.8 Å². The third-order valence-electron chi connectivity index (χ3n) is 5.11. The fourth-order valence-corrected chi connectivity index (χ4v) is 3.63. The number of carbonyl (C=O) groups is 1. The van der Waals surface area contributed by atoms with Crippen molar-refractivity contribution in [1.29, 1.82) is 0 Å². The molecule has 1 atom stereocenters. The molecule has 2 N–H and O–H groups in total. The Balaban J connectivity index is 1.89. The van der Waals surface area contributed by atoms with Crippen LogP contribution in [0.25, 0.3) is 0 Å². The average molecular weight is 385 g/mol. The maximum absolute atomic E-state index is 12.4. The fraction of sp³-hybridized carbons (Fsp3) is 0.609. The highest BCUT2D eigenvalue weighted by atomic mass is 16.5. The van der Waals surface area contributed by atoms with Gasteiger partial charge in [0, 0.05) is 42.3 Å². The molecule has 0 aliphatic carbocycles. The number of ether oxygens (including phenoxy) is 2. The second-order valence-corrected chi connectivity index (χ2v) is 8.81. The molecule has 28 heavy (non-hydrogen) atoms. The molecule has 0 aromatic heterocycles. The number of carbonyl (C=O) groups excluding carboxylic acids is 1. The van der Waals surface area contributed by atoms with Crippen LogP contribution in [0.2, 0.25) is 0 Å². The van der Waals surface area contributed by atoms with Crippen LogP contribution >= 0.6 is 0 Å². The zero-order chi connectivity index (χ0) is 20.2. The first kappa shape index (κ1) is 20.5. The smallest absolute Gasteiger partial charge is 0.315 e. The van der Waals surface area contributed by atoms with E-state index in [9.17, 15) is 4.79 Å². The van der Waals surface area contributed by atoms with Crippen LogP contribution in [0.3, 0.4) is 0 Å². The van der Waals surface area contributed by atoms with Crippen LogP contribution in [0, 0.1) is 17.3 Å². The predicted molar refractivity (Wildman–Crippen MR) is 110 cm³/mol. The third-order valence-corrected chi connectivity index (χ3v) is 5.11. The van der Waals surface area contributed by atoms with Gasteiger partial charge in [-0.15, -0.1) is 0 Å². The van der Waals surface area contributed by atoms with Gasteiger partial charge in [0.15, 0.2) is 0 Å². The summed E-state index contributed by atoms with van der Waals surface area (Å²) in [5.41, 5.74) is 1.62. The van der Waals surface area contributed by atoms with Gasteiger partial charge in [0.2, 0.25) is 0 Å². The fourth-order valence-electron chi connectivity index (χ4n) is 3.63. The van der Waals surface area contributed by atoms with Crippen LogP contribution in [0.5, 0.6) is 5.75 Å². The maximum atomic E-state index is 12.4. The first-order valence-corrected chi connectivity index (χ1v) is 10.3. The van der Waals surface area contributed by atoms with E-state index in [2.05, 4.69) is 49.3 Å². The summed E-state index contributed by atoms with van der Waals surface area (Å²) in [5.74, 6) is 7.38. The van der Waals surface area contributed by atoms with E-state index < -0.39 is 0 Å². The number of hydrogen-bond acceptors (Lipinski definition) is 3. The first-order chi connectivity index (χ1) is 13.3. The summed E-state index contributed by atoms with van der Waals surface area (Å²) in [6, 6.07) is 5.83. The number of amides is 2. The van der Waals surface area contributed by atoms with Gasteiger partial charge in [-0.25, -0.2) is 4.79 Å². The van der Waals surface area contributed by atoms with E-state index in [1.807, 2.05) is 19.1 Å². The van der Waals surface area contributed by atoms with Gasteiger partial charge in [0.25, 0.3) is 0 Å². The van der Waals surface area contributed by atoms with Gasteiger partial charge >= 0.3 is 6.03 Å². The molecule has 3 rings (SSSR count). The second kappa shape index (κ2) is 8.45. The Bertz CT molecular complexity index is 764. The molecule has 0 bridgehead atoms. The summed E-state index contributed by atoms with van der Waals surface area (Å²) >= 11 is 0. The molecule has 1 aromatic rings. The van der Waals surface area contributed by atoms with E-state index in [1.54, 1.807) is 0 Å². The Labute approximate surface area is 168 Å². The largest absolute Gasteiger partial charge is 0.487 e. The molecule has 0 radical (unpaired) electrons. The van der Waals surface area contributed by atoms with Crippen molar-refractivity contribution in [3.05, 3.63) is 29.3 Å². The molecule has 2 heterocycles. The Kier molecular flexibility index (Phi) is 6.20. The highest BCUT2D eigenvalue weighted by Gasteiger charge is 2.42. The average Bonchev–Trinajstić information content (AvgIpc) is 2.65. The molecule has 0 saturated carbocycles. The number of hydrogen-bond donors (Lipinski definition) is 2. The summed E-state index contributed by atoms with van der Waals surface area (Å²) in [6.07, 6.45) is 3.34. The SMILES string of the molecule is CCCNC(=O)NC1CC2(CCOCC2)Oc2ccc(C#CC(C)(C)C)cc21.